The average molecular weight is 281 g/mol. The summed E-state index contributed by atoms with van der Waals surface area (Å²) in [4.78, 5) is 22.9. The van der Waals surface area contributed by atoms with E-state index in [9.17, 15) is 9.59 Å². The number of hydrogen-bond acceptors (Lipinski definition) is 3. The Morgan fingerprint density at radius 3 is 2.63 bits per heavy atom. The number of aryl methyl sites for hydroxylation is 1. The summed E-state index contributed by atoms with van der Waals surface area (Å²) in [6.07, 6.45) is 2.57. The molecule has 1 rings (SSSR count). The normalized spacial score (nSPS) is 11.9. The number of carbonyl (C=O) groups excluding carboxylic acids is 1. The van der Waals surface area contributed by atoms with Crippen LogP contribution in [-0.4, -0.2) is 35.0 Å². The maximum Gasteiger partial charge on any atom is 0.326 e. The van der Waals surface area contributed by atoms with E-state index in [1.807, 2.05) is 37.4 Å². The molecule has 0 radical (unpaired) electrons. The maximum absolute atomic E-state index is 11.9. The van der Waals surface area contributed by atoms with E-state index in [2.05, 4.69) is 5.32 Å². The molecular weight excluding hydrogens is 262 g/mol. The average Bonchev–Trinajstić information content (AvgIpc) is 2.37. The van der Waals surface area contributed by atoms with E-state index in [0.717, 1.165) is 11.1 Å². The number of carboxylic acid groups (broad SMARTS) is 1. The van der Waals surface area contributed by atoms with E-state index >= 15 is 0 Å². The lowest BCUT2D eigenvalue weighted by Gasteiger charge is -2.14. The molecule has 4 nitrogen and oxygen atoms in total. The molecule has 0 heterocycles. The van der Waals surface area contributed by atoms with Gasteiger partial charge in [-0.3, -0.25) is 4.79 Å². The summed E-state index contributed by atoms with van der Waals surface area (Å²) < 4.78 is 0. The van der Waals surface area contributed by atoms with Gasteiger partial charge in [0.1, 0.15) is 6.04 Å². The summed E-state index contributed by atoms with van der Waals surface area (Å²) in [5.74, 6) is -0.517. The SMILES string of the molecule is CSCC[C@@H](NC(=O)Cc1ccccc1C)C(=O)O. The summed E-state index contributed by atoms with van der Waals surface area (Å²) >= 11 is 1.57. The topological polar surface area (TPSA) is 66.4 Å². The van der Waals surface area contributed by atoms with Crippen molar-refractivity contribution >= 4 is 23.6 Å². The van der Waals surface area contributed by atoms with Crippen molar-refractivity contribution in [2.24, 2.45) is 0 Å². The minimum atomic E-state index is -0.979. The number of nitrogens with one attached hydrogen (secondary N) is 1. The van der Waals surface area contributed by atoms with Gasteiger partial charge in [-0.1, -0.05) is 24.3 Å². The largest absolute Gasteiger partial charge is 0.480 e. The molecule has 0 aliphatic rings. The molecule has 1 aromatic rings. The van der Waals surface area contributed by atoms with Crippen LogP contribution < -0.4 is 5.32 Å². The first-order valence-electron chi connectivity index (χ1n) is 6.10. The molecule has 1 aromatic carbocycles. The summed E-state index contributed by atoms with van der Waals surface area (Å²) in [5.41, 5.74) is 1.96. The highest BCUT2D eigenvalue weighted by Gasteiger charge is 2.19. The van der Waals surface area contributed by atoms with Crippen LogP contribution in [0.5, 0.6) is 0 Å². The van der Waals surface area contributed by atoms with E-state index in [1.165, 1.54) is 0 Å². The van der Waals surface area contributed by atoms with Gasteiger partial charge in [0, 0.05) is 0 Å². The van der Waals surface area contributed by atoms with Gasteiger partial charge in [-0.25, -0.2) is 4.79 Å². The third-order valence-corrected chi connectivity index (χ3v) is 3.50. The fourth-order valence-electron chi connectivity index (χ4n) is 1.72. The molecule has 0 unspecified atom stereocenters. The molecule has 0 aliphatic carbocycles. The third-order valence-electron chi connectivity index (χ3n) is 2.86. The summed E-state index contributed by atoms with van der Waals surface area (Å²) in [5, 5.41) is 11.6. The van der Waals surface area contributed by atoms with Gasteiger partial charge in [-0.05, 0) is 36.5 Å². The highest BCUT2D eigenvalue weighted by Crippen LogP contribution is 2.08. The molecule has 2 N–H and O–H groups in total. The summed E-state index contributed by atoms with van der Waals surface area (Å²) in [6.45, 7) is 1.94. The smallest absolute Gasteiger partial charge is 0.326 e. The van der Waals surface area contributed by atoms with E-state index < -0.39 is 12.0 Å². The Kier molecular flexibility index (Phi) is 6.42. The number of aliphatic carboxylic acids is 1. The second-order valence-electron chi connectivity index (χ2n) is 4.34. The van der Waals surface area contributed by atoms with E-state index in [4.69, 9.17) is 5.11 Å². The Balaban J connectivity index is 2.58. The predicted molar refractivity (Wildman–Crippen MR) is 77.4 cm³/mol. The van der Waals surface area contributed by atoms with Crippen molar-refractivity contribution in [1.82, 2.24) is 5.32 Å². The highest BCUT2D eigenvalue weighted by atomic mass is 32.2. The zero-order chi connectivity index (χ0) is 14.3. The lowest BCUT2D eigenvalue weighted by atomic mass is 10.1. The van der Waals surface area contributed by atoms with E-state index in [1.54, 1.807) is 11.8 Å². The Morgan fingerprint density at radius 2 is 2.05 bits per heavy atom. The van der Waals surface area contributed by atoms with Crippen LogP contribution >= 0.6 is 11.8 Å². The van der Waals surface area contributed by atoms with Gasteiger partial charge in [0.15, 0.2) is 0 Å². The number of carboxylic acids is 1. The standard InChI is InChI=1S/C14H19NO3S/c1-10-5-3-4-6-11(10)9-13(16)15-12(14(17)18)7-8-19-2/h3-6,12H,7-9H2,1-2H3,(H,15,16)(H,17,18)/t12-/m1/s1. The molecule has 0 saturated carbocycles. The number of thioether (sulfide) groups is 1. The second-order valence-corrected chi connectivity index (χ2v) is 5.33. The Morgan fingerprint density at radius 1 is 1.37 bits per heavy atom. The van der Waals surface area contributed by atoms with E-state index in [-0.39, 0.29) is 12.3 Å². The molecular formula is C14H19NO3S. The Hall–Kier alpha value is -1.49. The predicted octanol–water partition coefficient (Wildman–Crippen LogP) is 1.86. The van der Waals surface area contributed by atoms with Crippen molar-refractivity contribution in [3.63, 3.8) is 0 Å². The van der Waals surface area contributed by atoms with Crippen molar-refractivity contribution in [1.29, 1.82) is 0 Å². The van der Waals surface area contributed by atoms with Gasteiger partial charge >= 0.3 is 5.97 Å². The van der Waals surface area contributed by atoms with Crippen LogP contribution in [0.1, 0.15) is 17.5 Å². The van der Waals surface area contributed by atoms with Crippen LogP contribution in [-0.2, 0) is 16.0 Å². The first-order valence-corrected chi connectivity index (χ1v) is 7.49. The summed E-state index contributed by atoms with van der Waals surface area (Å²) in [6, 6.07) is 6.80. The first-order chi connectivity index (χ1) is 9.04. The minimum Gasteiger partial charge on any atom is -0.480 e. The van der Waals surface area contributed by atoms with Crippen LogP contribution in [0.3, 0.4) is 0 Å². The number of amides is 1. The Labute approximate surface area is 117 Å². The first kappa shape index (κ1) is 15.6. The fourth-order valence-corrected chi connectivity index (χ4v) is 2.19. The zero-order valence-corrected chi connectivity index (χ0v) is 12.0. The molecule has 5 heteroatoms. The van der Waals surface area contributed by atoms with Crippen molar-refractivity contribution in [3.05, 3.63) is 35.4 Å². The lowest BCUT2D eigenvalue weighted by molar-refractivity contribution is -0.141. The molecule has 0 aliphatic heterocycles. The fraction of sp³-hybridized carbons (Fsp3) is 0.429. The second kappa shape index (κ2) is 7.84. The molecule has 0 spiro atoms. The highest BCUT2D eigenvalue weighted by molar-refractivity contribution is 7.98. The minimum absolute atomic E-state index is 0.218. The van der Waals surface area contributed by atoms with Crippen LogP contribution in [0.25, 0.3) is 0 Å². The van der Waals surface area contributed by atoms with Crippen molar-refractivity contribution in [2.45, 2.75) is 25.8 Å². The van der Waals surface area contributed by atoms with E-state index in [0.29, 0.717) is 12.2 Å². The quantitative estimate of drug-likeness (QED) is 0.800. The van der Waals surface area contributed by atoms with Crippen molar-refractivity contribution < 1.29 is 14.7 Å². The number of benzene rings is 1. The van der Waals surface area contributed by atoms with Crippen molar-refractivity contribution in [3.8, 4) is 0 Å². The molecule has 0 saturated heterocycles. The van der Waals surface area contributed by atoms with Gasteiger partial charge in [0.05, 0.1) is 6.42 Å². The monoisotopic (exact) mass is 281 g/mol. The Bertz CT molecular complexity index is 448. The number of rotatable bonds is 7. The maximum atomic E-state index is 11.9. The summed E-state index contributed by atoms with van der Waals surface area (Å²) in [7, 11) is 0. The van der Waals surface area contributed by atoms with Crippen LogP contribution in [0, 0.1) is 6.92 Å². The van der Waals surface area contributed by atoms with Crippen LogP contribution in [0.4, 0.5) is 0 Å². The third kappa shape index (κ3) is 5.34. The van der Waals surface area contributed by atoms with Crippen LogP contribution in [0.2, 0.25) is 0 Å². The number of carbonyl (C=O) groups is 2. The van der Waals surface area contributed by atoms with Gasteiger partial charge in [0.2, 0.25) is 5.91 Å². The van der Waals surface area contributed by atoms with Crippen LogP contribution in [0.15, 0.2) is 24.3 Å². The molecule has 19 heavy (non-hydrogen) atoms. The van der Waals surface area contributed by atoms with Gasteiger partial charge in [-0.2, -0.15) is 11.8 Å². The van der Waals surface area contributed by atoms with Gasteiger partial charge < -0.3 is 10.4 Å². The molecule has 0 fully saturated rings. The molecule has 1 amide bonds. The van der Waals surface area contributed by atoms with Crippen molar-refractivity contribution in [2.75, 3.05) is 12.0 Å². The molecule has 0 aromatic heterocycles. The molecule has 104 valence electrons. The molecule has 1 atom stereocenters. The zero-order valence-electron chi connectivity index (χ0n) is 11.2. The van der Waals surface area contributed by atoms with Gasteiger partial charge in [0.25, 0.3) is 0 Å². The lowest BCUT2D eigenvalue weighted by Crippen LogP contribution is -2.41. The number of hydrogen-bond donors (Lipinski definition) is 2. The van der Waals surface area contributed by atoms with Gasteiger partial charge in [-0.15, -0.1) is 0 Å². The molecule has 0 bridgehead atoms.